The monoisotopic (exact) mass is 267 g/mol. The highest BCUT2D eigenvalue weighted by Crippen LogP contribution is 2.15. The predicted molar refractivity (Wildman–Crippen MR) is 82.8 cm³/mol. The van der Waals surface area contributed by atoms with Crippen molar-refractivity contribution in [3.63, 3.8) is 0 Å². The summed E-state index contributed by atoms with van der Waals surface area (Å²) in [6.45, 7) is 7.39. The fraction of sp³-hybridized carbons (Fsp3) is 0.278. The van der Waals surface area contributed by atoms with Crippen molar-refractivity contribution in [3.05, 3.63) is 70.8 Å². The number of nitrogens with zero attached hydrogens (tertiary/aromatic N) is 1. The molecule has 0 aromatic heterocycles. The van der Waals surface area contributed by atoms with Crippen LogP contribution in [0.4, 0.5) is 0 Å². The van der Waals surface area contributed by atoms with Crippen molar-refractivity contribution in [2.75, 3.05) is 6.54 Å². The number of carbonyl (C=O) groups is 1. The predicted octanol–water partition coefficient (Wildman–Crippen LogP) is 3.97. The Hall–Kier alpha value is -2.09. The molecule has 0 aliphatic heterocycles. The van der Waals surface area contributed by atoms with Crippen LogP contribution >= 0.6 is 0 Å². The van der Waals surface area contributed by atoms with Gasteiger partial charge in [0, 0.05) is 18.7 Å². The molecule has 0 aliphatic rings. The largest absolute Gasteiger partial charge is 0.335 e. The maximum Gasteiger partial charge on any atom is 0.254 e. The Balaban J connectivity index is 2.23. The second-order valence-electron chi connectivity index (χ2n) is 5.12. The minimum Gasteiger partial charge on any atom is -0.335 e. The van der Waals surface area contributed by atoms with Crippen LogP contribution in [0.1, 0.15) is 34.0 Å². The van der Waals surface area contributed by atoms with Gasteiger partial charge in [-0.15, -0.1) is 0 Å². The third-order valence-corrected chi connectivity index (χ3v) is 3.51. The van der Waals surface area contributed by atoms with Gasteiger partial charge in [-0.25, -0.2) is 0 Å². The lowest BCUT2D eigenvalue weighted by atomic mass is 10.0. The highest BCUT2D eigenvalue weighted by molar-refractivity contribution is 5.95. The van der Waals surface area contributed by atoms with Crippen molar-refractivity contribution in [1.82, 2.24) is 4.90 Å². The van der Waals surface area contributed by atoms with Crippen LogP contribution in [0.3, 0.4) is 0 Å². The SMILES string of the molecule is CCN(Cc1ccccc1)C(=O)c1cc(C)ccc1C. The van der Waals surface area contributed by atoms with Gasteiger partial charge in [0.1, 0.15) is 0 Å². The van der Waals surface area contributed by atoms with E-state index in [0.29, 0.717) is 13.1 Å². The van der Waals surface area contributed by atoms with Crippen LogP contribution in [0.5, 0.6) is 0 Å². The fourth-order valence-corrected chi connectivity index (χ4v) is 2.27. The molecule has 0 saturated carbocycles. The standard InChI is InChI=1S/C18H21NO/c1-4-19(13-16-8-6-5-7-9-16)18(20)17-12-14(2)10-11-15(17)3/h5-12H,4,13H2,1-3H3. The molecule has 0 bridgehead atoms. The van der Waals surface area contributed by atoms with Gasteiger partial charge >= 0.3 is 0 Å². The van der Waals surface area contributed by atoms with Gasteiger partial charge in [0.25, 0.3) is 5.91 Å². The molecular formula is C18H21NO. The first-order valence-corrected chi connectivity index (χ1v) is 7.02. The van der Waals surface area contributed by atoms with Gasteiger partial charge in [-0.1, -0.05) is 48.0 Å². The van der Waals surface area contributed by atoms with Crippen molar-refractivity contribution in [2.24, 2.45) is 0 Å². The number of benzene rings is 2. The van der Waals surface area contributed by atoms with E-state index in [1.807, 2.05) is 62.1 Å². The number of hydrogen-bond donors (Lipinski definition) is 0. The quantitative estimate of drug-likeness (QED) is 0.821. The molecule has 0 heterocycles. The minimum absolute atomic E-state index is 0.109. The molecule has 104 valence electrons. The molecule has 0 radical (unpaired) electrons. The fourth-order valence-electron chi connectivity index (χ4n) is 2.27. The van der Waals surface area contributed by atoms with E-state index in [-0.39, 0.29) is 5.91 Å². The number of hydrogen-bond acceptors (Lipinski definition) is 1. The highest BCUT2D eigenvalue weighted by atomic mass is 16.2. The van der Waals surface area contributed by atoms with E-state index < -0.39 is 0 Å². The maximum absolute atomic E-state index is 12.7. The van der Waals surface area contributed by atoms with Crippen molar-refractivity contribution in [3.8, 4) is 0 Å². The summed E-state index contributed by atoms with van der Waals surface area (Å²) < 4.78 is 0. The zero-order valence-electron chi connectivity index (χ0n) is 12.4. The Morgan fingerprint density at radius 3 is 2.40 bits per heavy atom. The van der Waals surface area contributed by atoms with E-state index in [1.165, 1.54) is 0 Å². The topological polar surface area (TPSA) is 20.3 Å². The van der Waals surface area contributed by atoms with Crippen molar-refractivity contribution >= 4 is 5.91 Å². The van der Waals surface area contributed by atoms with Crippen LogP contribution in [0.2, 0.25) is 0 Å². The summed E-state index contributed by atoms with van der Waals surface area (Å²) in [7, 11) is 0. The van der Waals surface area contributed by atoms with Gasteiger partial charge < -0.3 is 4.90 Å². The first-order chi connectivity index (χ1) is 9.61. The Kier molecular flexibility index (Phi) is 4.57. The third-order valence-electron chi connectivity index (χ3n) is 3.51. The second kappa shape index (κ2) is 6.38. The molecule has 0 unspecified atom stereocenters. The van der Waals surface area contributed by atoms with Crippen LogP contribution < -0.4 is 0 Å². The highest BCUT2D eigenvalue weighted by Gasteiger charge is 2.16. The number of aryl methyl sites for hydroxylation is 2. The molecule has 0 spiro atoms. The van der Waals surface area contributed by atoms with E-state index >= 15 is 0 Å². The Morgan fingerprint density at radius 1 is 1.05 bits per heavy atom. The zero-order valence-corrected chi connectivity index (χ0v) is 12.4. The average Bonchev–Trinajstić information content (AvgIpc) is 2.47. The van der Waals surface area contributed by atoms with Crippen LogP contribution in [0.25, 0.3) is 0 Å². The molecule has 20 heavy (non-hydrogen) atoms. The molecule has 0 aliphatic carbocycles. The normalized spacial score (nSPS) is 10.3. The first kappa shape index (κ1) is 14.3. The van der Waals surface area contributed by atoms with Gasteiger partial charge in [-0.05, 0) is 38.0 Å². The second-order valence-corrected chi connectivity index (χ2v) is 5.12. The molecule has 2 nitrogen and oxygen atoms in total. The maximum atomic E-state index is 12.7. The summed E-state index contributed by atoms with van der Waals surface area (Å²) in [6, 6.07) is 16.1. The Morgan fingerprint density at radius 2 is 1.75 bits per heavy atom. The van der Waals surface area contributed by atoms with Gasteiger partial charge in [0.05, 0.1) is 0 Å². The summed E-state index contributed by atoms with van der Waals surface area (Å²) in [6.07, 6.45) is 0. The molecule has 2 heteroatoms. The average molecular weight is 267 g/mol. The molecule has 1 amide bonds. The van der Waals surface area contributed by atoms with Crippen LogP contribution in [0, 0.1) is 13.8 Å². The molecule has 2 rings (SSSR count). The Labute approximate surface area is 121 Å². The molecule has 0 atom stereocenters. The van der Waals surface area contributed by atoms with Gasteiger partial charge in [0.2, 0.25) is 0 Å². The van der Waals surface area contributed by atoms with Crippen LogP contribution in [-0.2, 0) is 6.54 Å². The van der Waals surface area contributed by atoms with E-state index in [9.17, 15) is 4.79 Å². The summed E-state index contributed by atoms with van der Waals surface area (Å²) in [5, 5.41) is 0. The summed E-state index contributed by atoms with van der Waals surface area (Å²) in [5.74, 6) is 0.109. The van der Waals surface area contributed by atoms with E-state index in [0.717, 1.165) is 22.3 Å². The third kappa shape index (κ3) is 3.27. The summed E-state index contributed by atoms with van der Waals surface area (Å²) in [4.78, 5) is 14.6. The molecule has 0 fully saturated rings. The minimum atomic E-state index is 0.109. The zero-order chi connectivity index (χ0) is 14.5. The lowest BCUT2D eigenvalue weighted by Gasteiger charge is -2.22. The number of amides is 1. The van der Waals surface area contributed by atoms with Crippen LogP contribution in [-0.4, -0.2) is 17.4 Å². The van der Waals surface area contributed by atoms with E-state index in [2.05, 4.69) is 12.1 Å². The smallest absolute Gasteiger partial charge is 0.254 e. The lowest BCUT2D eigenvalue weighted by molar-refractivity contribution is 0.0752. The summed E-state index contributed by atoms with van der Waals surface area (Å²) >= 11 is 0. The molecule has 0 N–H and O–H groups in total. The van der Waals surface area contributed by atoms with Gasteiger partial charge in [-0.2, -0.15) is 0 Å². The lowest BCUT2D eigenvalue weighted by Crippen LogP contribution is -2.30. The molecular weight excluding hydrogens is 246 g/mol. The molecule has 2 aromatic rings. The number of carbonyl (C=O) groups excluding carboxylic acids is 1. The molecule has 0 saturated heterocycles. The van der Waals surface area contributed by atoms with Gasteiger partial charge in [0.15, 0.2) is 0 Å². The first-order valence-electron chi connectivity index (χ1n) is 7.02. The van der Waals surface area contributed by atoms with E-state index in [4.69, 9.17) is 0 Å². The Bertz CT molecular complexity index is 590. The van der Waals surface area contributed by atoms with Crippen LogP contribution in [0.15, 0.2) is 48.5 Å². The summed E-state index contributed by atoms with van der Waals surface area (Å²) in [5.41, 5.74) is 4.12. The molecule has 2 aromatic carbocycles. The van der Waals surface area contributed by atoms with Crippen molar-refractivity contribution in [1.29, 1.82) is 0 Å². The van der Waals surface area contributed by atoms with Crippen molar-refractivity contribution < 1.29 is 4.79 Å². The van der Waals surface area contributed by atoms with Gasteiger partial charge in [-0.3, -0.25) is 4.79 Å². The number of rotatable bonds is 4. The van der Waals surface area contributed by atoms with Crippen molar-refractivity contribution in [2.45, 2.75) is 27.3 Å². The van der Waals surface area contributed by atoms with E-state index in [1.54, 1.807) is 0 Å².